The summed E-state index contributed by atoms with van der Waals surface area (Å²) >= 11 is 0. The van der Waals surface area contributed by atoms with Crippen LogP contribution in [-0.4, -0.2) is 24.3 Å². The number of hydrogen-bond acceptors (Lipinski definition) is 4. The number of hydrogen-bond donors (Lipinski definition) is 1. The van der Waals surface area contributed by atoms with Crippen LogP contribution < -0.4 is 9.47 Å². The van der Waals surface area contributed by atoms with Crippen LogP contribution in [0, 0.1) is 25.2 Å². The molecular weight excluding hydrogens is 366 g/mol. The molecule has 0 heterocycles. The van der Waals surface area contributed by atoms with Crippen LogP contribution >= 0.6 is 0 Å². The Bertz CT molecular complexity index is 1130. The molecule has 0 bridgehead atoms. The Labute approximate surface area is 169 Å². The number of benzene rings is 3. The number of carboxylic acids is 1. The highest BCUT2D eigenvalue weighted by Gasteiger charge is 2.12. The summed E-state index contributed by atoms with van der Waals surface area (Å²) in [7, 11) is 0. The lowest BCUT2D eigenvalue weighted by Crippen LogP contribution is -2.10. The summed E-state index contributed by atoms with van der Waals surface area (Å²) in [6.07, 6.45) is 1.35. The van der Waals surface area contributed by atoms with Crippen molar-refractivity contribution in [3.05, 3.63) is 76.9 Å². The third-order valence-electron chi connectivity index (χ3n) is 4.50. The smallest absolute Gasteiger partial charge is 0.346 e. The Balaban J connectivity index is 1.82. The lowest BCUT2D eigenvalue weighted by Gasteiger charge is -2.14. The van der Waals surface area contributed by atoms with Crippen molar-refractivity contribution in [3.8, 4) is 17.6 Å². The van der Waals surface area contributed by atoms with E-state index in [0.29, 0.717) is 17.9 Å². The van der Waals surface area contributed by atoms with Gasteiger partial charge < -0.3 is 14.6 Å². The molecule has 3 aromatic carbocycles. The predicted octanol–water partition coefficient (Wildman–Crippen LogP) is 4.91. The molecule has 146 valence electrons. The quantitative estimate of drug-likeness (QED) is 0.354. The van der Waals surface area contributed by atoms with Gasteiger partial charge in [0.2, 0.25) is 0 Å². The number of nitriles is 1. The molecule has 0 saturated carbocycles. The number of aryl methyl sites for hydroxylation is 2. The number of carbonyl (C=O) groups is 1. The van der Waals surface area contributed by atoms with E-state index in [0.717, 1.165) is 22.1 Å². The van der Waals surface area contributed by atoms with Crippen LogP contribution in [0.15, 0.2) is 60.2 Å². The zero-order valence-electron chi connectivity index (χ0n) is 16.3. The van der Waals surface area contributed by atoms with E-state index in [1.54, 1.807) is 12.1 Å². The number of aliphatic carboxylic acids is 1. The summed E-state index contributed by atoms with van der Waals surface area (Å²) in [4.78, 5) is 11.3. The number of ether oxygens (including phenoxy) is 2. The van der Waals surface area contributed by atoms with Crippen molar-refractivity contribution in [1.82, 2.24) is 0 Å². The zero-order valence-corrected chi connectivity index (χ0v) is 16.3. The van der Waals surface area contributed by atoms with Gasteiger partial charge in [-0.05, 0) is 48.4 Å². The molecule has 3 rings (SSSR count). The average molecular weight is 387 g/mol. The Morgan fingerprint density at radius 3 is 2.41 bits per heavy atom. The molecule has 5 nitrogen and oxygen atoms in total. The van der Waals surface area contributed by atoms with Gasteiger partial charge in [0.25, 0.3) is 0 Å². The largest absolute Gasteiger partial charge is 0.490 e. The molecule has 1 N–H and O–H groups in total. The Morgan fingerprint density at radius 2 is 1.72 bits per heavy atom. The summed E-state index contributed by atoms with van der Waals surface area (Å²) < 4.78 is 11.7. The van der Waals surface area contributed by atoms with Gasteiger partial charge in [-0.3, -0.25) is 0 Å². The molecule has 0 fully saturated rings. The van der Waals surface area contributed by atoms with Crippen molar-refractivity contribution in [2.45, 2.75) is 13.8 Å². The van der Waals surface area contributed by atoms with Crippen LogP contribution in [0.2, 0.25) is 0 Å². The first-order chi connectivity index (χ1) is 14.0. The summed E-state index contributed by atoms with van der Waals surface area (Å²) in [6, 6.07) is 18.9. The molecule has 29 heavy (non-hydrogen) atoms. The fourth-order valence-electron chi connectivity index (χ4n) is 3.10. The Morgan fingerprint density at radius 1 is 1.03 bits per heavy atom. The van der Waals surface area contributed by atoms with Crippen molar-refractivity contribution >= 4 is 22.8 Å². The maximum Gasteiger partial charge on any atom is 0.346 e. The predicted molar refractivity (Wildman–Crippen MR) is 112 cm³/mol. The lowest BCUT2D eigenvalue weighted by molar-refractivity contribution is -0.132. The van der Waals surface area contributed by atoms with E-state index >= 15 is 0 Å². The zero-order chi connectivity index (χ0) is 20.8. The van der Waals surface area contributed by atoms with E-state index in [1.165, 1.54) is 11.6 Å². The fourth-order valence-corrected chi connectivity index (χ4v) is 3.10. The Hall–Kier alpha value is -3.78. The van der Waals surface area contributed by atoms with Crippen LogP contribution in [0.3, 0.4) is 0 Å². The first kappa shape index (κ1) is 20.0. The molecule has 0 spiro atoms. The molecule has 0 saturated heterocycles. The van der Waals surface area contributed by atoms with E-state index in [2.05, 4.69) is 6.07 Å². The third kappa shape index (κ3) is 4.74. The van der Waals surface area contributed by atoms with Gasteiger partial charge in [0.15, 0.2) is 0 Å². The fraction of sp³-hybridized carbons (Fsp3) is 0.167. The topological polar surface area (TPSA) is 79.5 Å². The van der Waals surface area contributed by atoms with Crippen LogP contribution in [0.5, 0.6) is 11.5 Å². The van der Waals surface area contributed by atoms with Gasteiger partial charge in [0, 0.05) is 5.56 Å². The number of nitrogens with zero attached hydrogens (tertiary/aromatic N) is 1. The number of fused-ring (bicyclic) bond motifs is 1. The average Bonchev–Trinajstić information content (AvgIpc) is 2.71. The summed E-state index contributed by atoms with van der Waals surface area (Å²) in [5.74, 6) is 0.0296. The molecule has 3 aromatic rings. The van der Waals surface area contributed by atoms with E-state index in [9.17, 15) is 9.90 Å². The van der Waals surface area contributed by atoms with Crippen molar-refractivity contribution in [1.29, 1.82) is 5.26 Å². The van der Waals surface area contributed by atoms with Crippen molar-refractivity contribution < 1.29 is 19.4 Å². The van der Waals surface area contributed by atoms with Gasteiger partial charge in [-0.15, -0.1) is 0 Å². The molecule has 0 aromatic heterocycles. The van der Waals surface area contributed by atoms with E-state index < -0.39 is 5.97 Å². The van der Waals surface area contributed by atoms with Crippen molar-refractivity contribution in [2.75, 3.05) is 13.2 Å². The molecule has 0 aliphatic carbocycles. The first-order valence-corrected chi connectivity index (χ1v) is 9.19. The van der Waals surface area contributed by atoms with Gasteiger partial charge >= 0.3 is 5.97 Å². The van der Waals surface area contributed by atoms with Gasteiger partial charge in [-0.1, -0.05) is 48.0 Å². The van der Waals surface area contributed by atoms with Crippen LogP contribution in [0.25, 0.3) is 16.8 Å². The van der Waals surface area contributed by atoms with Crippen LogP contribution in [0.1, 0.15) is 16.7 Å². The van der Waals surface area contributed by atoms with E-state index in [-0.39, 0.29) is 12.2 Å². The van der Waals surface area contributed by atoms with Crippen molar-refractivity contribution in [2.24, 2.45) is 0 Å². The Kier molecular flexibility index (Phi) is 6.16. The van der Waals surface area contributed by atoms with Crippen LogP contribution in [-0.2, 0) is 4.79 Å². The third-order valence-corrected chi connectivity index (χ3v) is 4.50. The second kappa shape index (κ2) is 8.94. The summed E-state index contributed by atoms with van der Waals surface area (Å²) in [6.45, 7) is 4.64. The van der Waals surface area contributed by atoms with E-state index in [4.69, 9.17) is 14.7 Å². The maximum atomic E-state index is 11.3. The van der Waals surface area contributed by atoms with Gasteiger partial charge in [0.1, 0.15) is 36.4 Å². The molecule has 0 amide bonds. The monoisotopic (exact) mass is 387 g/mol. The second-order valence-electron chi connectivity index (χ2n) is 6.64. The summed E-state index contributed by atoms with van der Waals surface area (Å²) in [5.41, 5.74) is 2.44. The maximum absolute atomic E-state index is 11.3. The number of rotatable bonds is 7. The minimum absolute atomic E-state index is 0.279. The minimum Gasteiger partial charge on any atom is -0.490 e. The molecule has 5 heteroatoms. The lowest BCUT2D eigenvalue weighted by atomic mass is 10.0. The molecule has 0 atom stereocenters. The summed E-state index contributed by atoms with van der Waals surface area (Å²) in [5, 5.41) is 20.1. The normalized spacial score (nSPS) is 11.1. The second-order valence-corrected chi connectivity index (χ2v) is 6.64. The van der Waals surface area contributed by atoms with Crippen LogP contribution in [0.4, 0.5) is 0 Å². The minimum atomic E-state index is -1.27. The SMILES string of the molecule is Cc1ccc(OCCOc2ccc3ccccc3c2C=C(C#N)C(=O)O)c(C)c1. The molecule has 0 aliphatic heterocycles. The molecule has 0 aliphatic rings. The van der Waals surface area contributed by atoms with E-state index in [1.807, 2.05) is 56.3 Å². The van der Waals surface area contributed by atoms with Gasteiger partial charge in [-0.2, -0.15) is 5.26 Å². The van der Waals surface area contributed by atoms with Gasteiger partial charge in [0.05, 0.1) is 0 Å². The molecule has 0 unspecified atom stereocenters. The standard InChI is InChI=1S/C24H21NO4/c1-16-7-9-22(17(2)13-16)28-11-12-29-23-10-8-18-5-3-4-6-20(18)21(23)14-19(15-25)24(26)27/h3-10,13-14H,11-12H2,1-2H3,(H,26,27). The highest BCUT2D eigenvalue weighted by atomic mass is 16.5. The van der Waals surface area contributed by atoms with Crippen molar-refractivity contribution in [3.63, 3.8) is 0 Å². The number of carboxylic acid groups (broad SMARTS) is 1. The molecular formula is C24H21NO4. The highest BCUT2D eigenvalue weighted by Crippen LogP contribution is 2.30. The van der Waals surface area contributed by atoms with Gasteiger partial charge in [-0.25, -0.2) is 4.79 Å². The molecule has 0 radical (unpaired) electrons. The highest BCUT2D eigenvalue weighted by molar-refractivity contribution is 6.01. The first-order valence-electron chi connectivity index (χ1n) is 9.19.